The molecule has 2 nitrogen and oxygen atoms in total. The van der Waals surface area contributed by atoms with Gasteiger partial charge in [-0.25, -0.2) is 0 Å². The number of hydrogen-bond donors (Lipinski definition) is 1. The number of nitrogens with two attached hydrogens (primary N) is 1. The van der Waals surface area contributed by atoms with Crippen LogP contribution < -0.4 is 5.73 Å². The molecule has 0 aliphatic heterocycles. The maximum atomic E-state index is 6.15. The summed E-state index contributed by atoms with van der Waals surface area (Å²) < 4.78 is 0. The molecule has 2 aliphatic rings. The first-order valence-corrected chi connectivity index (χ1v) is 8.32. The van der Waals surface area contributed by atoms with Crippen molar-refractivity contribution in [2.75, 3.05) is 13.1 Å². The molecule has 106 valence electrons. The molecule has 1 atom stereocenters. The summed E-state index contributed by atoms with van der Waals surface area (Å²) in [6.45, 7) is 4.47. The van der Waals surface area contributed by atoms with E-state index >= 15 is 0 Å². The Bertz CT molecular complexity index is 217. The Hall–Kier alpha value is -0.0800. The lowest BCUT2D eigenvalue weighted by molar-refractivity contribution is 0.125. The predicted molar refractivity (Wildman–Crippen MR) is 78.7 cm³/mol. The number of unbranched alkanes of at least 4 members (excludes halogenated alkanes) is 1. The standard InChI is InChI=1S/C16H32N2/c1-2-3-12-18(15-10-11-15)16(13-17)14-8-6-4-5-7-9-14/h14-16H,2-13,17H2,1H3. The molecule has 0 aromatic rings. The van der Waals surface area contributed by atoms with Gasteiger partial charge in [-0.15, -0.1) is 0 Å². The molecule has 2 fully saturated rings. The summed E-state index contributed by atoms with van der Waals surface area (Å²) in [5, 5.41) is 0. The van der Waals surface area contributed by atoms with Crippen LogP contribution in [0.4, 0.5) is 0 Å². The average molecular weight is 252 g/mol. The van der Waals surface area contributed by atoms with Crippen LogP contribution in [0.15, 0.2) is 0 Å². The first-order chi connectivity index (χ1) is 8.86. The van der Waals surface area contributed by atoms with Gasteiger partial charge in [0, 0.05) is 18.6 Å². The molecule has 0 heterocycles. The molecule has 0 amide bonds. The summed E-state index contributed by atoms with van der Waals surface area (Å²) in [6.07, 6.45) is 14.1. The summed E-state index contributed by atoms with van der Waals surface area (Å²) in [6, 6.07) is 1.57. The van der Waals surface area contributed by atoms with Crippen LogP contribution in [0.3, 0.4) is 0 Å². The third kappa shape index (κ3) is 3.96. The van der Waals surface area contributed by atoms with Gasteiger partial charge >= 0.3 is 0 Å². The summed E-state index contributed by atoms with van der Waals surface area (Å²) in [4.78, 5) is 2.79. The molecule has 0 spiro atoms. The van der Waals surface area contributed by atoms with Gasteiger partial charge in [0.05, 0.1) is 0 Å². The molecule has 0 bridgehead atoms. The monoisotopic (exact) mass is 252 g/mol. The van der Waals surface area contributed by atoms with Gasteiger partial charge in [0.2, 0.25) is 0 Å². The highest BCUT2D eigenvalue weighted by molar-refractivity contribution is 4.92. The molecule has 0 aromatic heterocycles. The maximum absolute atomic E-state index is 6.15. The SMILES string of the molecule is CCCCN(C1CC1)C(CN)C1CCCCCC1. The normalized spacial score (nSPS) is 24.2. The van der Waals surface area contributed by atoms with Crippen molar-refractivity contribution in [2.24, 2.45) is 11.7 Å². The van der Waals surface area contributed by atoms with Crippen LogP contribution in [0.5, 0.6) is 0 Å². The molecule has 2 rings (SSSR count). The second-order valence-corrected chi connectivity index (χ2v) is 6.38. The predicted octanol–water partition coefficient (Wildman–Crippen LogP) is 3.55. The van der Waals surface area contributed by atoms with Crippen LogP contribution in [-0.4, -0.2) is 30.1 Å². The molecule has 18 heavy (non-hydrogen) atoms. The molecular formula is C16H32N2. The van der Waals surface area contributed by atoms with Gasteiger partial charge in [-0.1, -0.05) is 39.0 Å². The van der Waals surface area contributed by atoms with Crippen LogP contribution in [0.2, 0.25) is 0 Å². The third-order valence-electron chi connectivity index (χ3n) is 4.90. The fraction of sp³-hybridized carbons (Fsp3) is 1.00. The highest BCUT2D eigenvalue weighted by atomic mass is 15.2. The second-order valence-electron chi connectivity index (χ2n) is 6.38. The Balaban J connectivity index is 1.94. The van der Waals surface area contributed by atoms with Crippen molar-refractivity contribution in [3.05, 3.63) is 0 Å². The Kier molecular flexibility index (Phi) is 5.97. The van der Waals surface area contributed by atoms with E-state index in [0.29, 0.717) is 6.04 Å². The van der Waals surface area contributed by atoms with E-state index in [1.807, 2.05) is 0 Å². The topological polar surface area (TPSA) is 29.3 Å². The van der Waals surface area contributed by atoms with Crippen molar-refractivity contribution in [2.45, 2.75) is 83.2 Å². The number of nitrogens with zero attached hydrogens (tertiary/aromatic N) is 1. The zero-order valence-corrected chi connectivity index (χ0v) is 12.2. The van der Waals surface area contributed by atoms with Crippen molar-refractivity contribution in [1.29, 1.82) is 0 Å². The summed E-state index contributed by atoms with van der Waals surface area (Å²) in [7, 11) is 0. The van der Waals surface area contributed by atoms with Crippen molar-refractivity contribution < 1.29 is 0 Å². The van der Waals surface area contributed by atoms with E-state index in [4.69, 9.17) is 5.73 Å². The molecule has 2 N–H and O–H groups in total. The summed E-state index contributed by atoms with van der Waals surface area (Å²) in [5.74, 6) is 0.884. The van der Waals surface area contributed by atoms with Gasteiger partial charge in [0.1, 0.15) is 0 Å². The molecule has 0 saturated heterocycles. The molecule has 2 aliphatic carbocycles. The van der Waals surface area contributed by atoms with Crippen molar-refractivity contribution in [1.82, 2.24) is 4.90 Å². The Morgan fingerprint density at radius 3 is 2.22 bits per heavy atom. The van der Waals surface area contributed by atoms with E-state index < -0.39 is 0 Å². The van der Waals surface area contributed by atoms with Crippen LogP contribution in [0.1, 0.15) is 71.1 Å². The van der Waals surface area contributed by atoms with Crippen molar-refractivity contribution >= 4 is 0 Å². The fourth-order valence-electron chi connectivity index (χ4n) is 3.66. The third-order valence-corrected chi connectivity index (χ3v) is 4.90. The first-order valence-electron chi connectivity index (χ1n) is 8.32. The first kappa shape index (κ1) is 14.3. The zero-order chi connectivity index (χ0) is 12.8. The van der Waals surface area contributed by atoms with Gasteiger partial charge in [-0.2, -0.15) is 0 Å². The molecule has 1 unspecified atom stereocenters. The zero-order valence-electron chi connectivity index (χ0n) is 12.2. The molecule has 2 heteroatoms. The molecule has 0 aromatic carbocycles. The smallest absolute Gasteiger partial charge is 0.0249 e. The summed E-state index contributed by atoms with van der Waals surface area (Å²) >= 11 is 0. The van der Waals surface area contributed by atoms with Crippen LogP contribution >= 0.6 is 0 Å². The van der Waals surface area contributed by atoms with E-state index in [1.165, 1.54) is 70.8 Å². The van der Waals surface area contributed by atoms with E-state index in [1.54, 1.807) is 0 Å². The largest absolute Gasteiger partial charge is 0.329 e. The average Bonchev–Trinajstić information content (AvgIpc) is 3.20. The molecule has 2 saturated carbocycles. The Morgan fingerprint density at radius 1 is 1.06 bits per heavy atom. The van der Waals surface area contributed by atoms with E-state index in [9.17, 15) is 0 Å². The lowest BCUT2D eigenvalue weighted by Crippen LogP contribution is -2.47. The minimum Gasteiger partial charge on any atom is -0.329 e. The van der Waals surface area contributed by atoms with Crippen LogP contribution in [0.25, 0.3) is 0 Å². The number of hydrogen-bond acceptors (Lipinski definition) is 2. The summed E-state index contributed by atoms with van der Waals surface area (Å²) in [5.41, 5.74) is 6.15. The fourth-order valence-corrected chi connectivity index (χ4v) is 3.66. The minimum absolute atomic E-state index is 0.683. The number of rotatable bonds is 7. The van der Waals surface area contributed by atoms with Gasteiger partial charge in [0.25, 0.3) is 0 Å². The molecular weight excluding hydrogens is 220 g/mol. The van der Waals surface area contributed by atoms with Gasteiger partial charge in [-0.3, -0.25) is 4.90 Å². The highest BCUT2D eigenvalue weighted by Crippen LogP contribution is 2.34. The van der Waals surface area contributed by atoms with Crippen molar-refractivity contribution in [3.63, 3.8) is 0 Å². The quantitative estimate of drug-likeness (QED) is 0.702. The second kappa shape index (κ2) is 7.49. The lowest BCUT2D eigenvalue weighted by atomic mass is 9.90. The molecule has 0 radical (unpaired) electrons. The highest BCUT2D eigenvalue weighted by Gasteiger charge is 2.36. The van der Waals surface area contributed by atoms with Crippen LogP contribution in [0, 0.1) is 5.92 Å². The maximum Gasteiger partial charge on any atom is 0.0249 e. The Labute approximate surface area is 113 Å². The lowest BCUT2D eigenvalue weighted by Gasteiger charge is -2.36. The van der Waals surface area contributed by atoms with Crippen molar-refractivity contribution in [3.8, 4) is 0 Å². The van der Waals surface area contributed by atoms with Crippen LogP contribution in [-0.2, 0) is 0 Å². The minimum atomic E-state index is 0.683. The van der Waals surface area contributed by atoms with E-state index in [2.05, 4.69) is 11.8 Å². The van der Waals surface area contributed by atoms with E-state index in [0.717, 1.165) is 18.5 Å². The Morgan fingerprint density at radius 2 is 1.72 bits per heavy atom. The van der Waals surface area contributed by atoms with E-state index in [-0.39, 0.29) is 0 Å². The van der Waals surface area contributed by atoms with Gasteiger partial charge in [0.15, 0.2) is 0 Å². The van der Waals surface area contributed by atoms with Gasteiger partial charge < -0.3 is 5.73 Å². The van der Waals surface area contributed by atoms with Gasteiger partial charge in [-0.05, 0) is 44.6 Å².